The Morgan fingerprint density at radius 2 is 1.96 bits per heavy atom. The molecule has 1 saturated heterocycles. The van der Waals surface area contributed by atoms with Crippen molar-refractivity contribution in [1.82, 2.24) is 20.0 Å². The van der Waals surface area contributed by atoms with Crippen molar-refractivity contribution in [2.75, 3.05) is 13.1 Å². The summed E-state index contributed by atoms with van der Waals surface area (Å²) in [6.45, 7) is 5.70. The Labute approximate surface area is 161 Å². The number of carbonyl (C=O) groups excluding carboxylic acids is 1. The van der Waals surface area contributed by atoms with Crippen molar-refractivity contribution < 1.29 is 4.79 Å². The molecule has 2 aromatic rings. The SMILES string of the molecule is CC1CCc2nn(CC(=O)NC3CCN(Cc4ccccc4)CC3)cc2C1. The summed E-state index contributed by atoms with van der Waals surface area (Å²) >= 11 is 0. The molecule has 5 heteroatoms. The Hall–Kier alpha value is -2.14. The molecule has 1 N–H and O–H groups in total. The summed E-state index contributed by atoms with van der Waals surface area (Å²) in [5, 5.41) is 7.84. The molecule has 27 heavy (non-hydrogen) atoms. The number of amides is 1. The Bertz CT molecular complexity index is 762. The van der Waals surface area contributed by atoms with Crippen molar-refractivity contribution >= 4 is 5.91 Å². The van der Waals surface area contributed by atoms with Gasteiger partial charge >= 0.3 is 0 Å². The van der Waals surface area contributed by atoms with Crippen LogP contribution < -0.4 is 5.32 Å². The number of aryl methyl sites for hydroxylation is 1. The highest BCUT2D eigenvalue weighted by Gasteiger charge is 2.22. The fourth-order valence-electron chi connectivity index (χ4n) is 4.32. The van der Waals surface area contributed by atoms with E-state index in [1.54, 1.807) is 0 Å². The molecule has 0 bridgehead atoms. The first kappa shape index (κ1) is 18.2. The third-order valence-electron chi connectivity index (χ3n) is 5.87. The second-order valence-corrected chi connectivity index (χ2v) is 8.25. The minimum absolute atomic E-state index is 0.0874. The molecule has 0 spiro atoms. The lowest BCUT2D eigenvalue weighted by Gasteiger charge is -2.32. The second-order valence-electron chi connectivity index (χ2n) is 8.25. The monoisotopic (exact) mass is 366 g/mol. The average molecular weight is 367 g/mol. The van der Waals surface area contributed by atoms with Crippen LogP contribution in [0, 0.1) is 5.92 Å². The molecule has 5 nitrogen and oxygen atoms in total. The van der Waals surface area contributed by atoms with Crippen LogP contribution in [-0.4, -0.2) is 39.7 Å². The van der Waals surface area contributed by atoms with E-state index in [1.807, 2.05) is 4.68 Å². The highest BCUT2D eigenvalue weighted by molar-refractivity contribution is 5.76. The van der Waals surface area contributed by atoms with Gasteiger partial charge in [-0.1, -0.05) is 37.3 Å². The molecule has 1 aliphatic heterocycles. The van der Waals surface area contributed by atoms with Crippen LogP contribution in [0.3, 0.4) is 0 Å². The summed E-state index contributed by atoms with van der Waals surface area (Å²) in [5.41, 5.74) is 3.88. The van der Waals surface area contributed by atoms with Gasteiger partial charge in [0, 0.05) is 31.9 Å². The molecule has 1 atom stereocenters. The van der Waals surface area contributed by atoms with Crippen molar-refractivity contribution in [1.29, 1.82) is 0 Å². The number of hydrogen-bond acceptors (Lipinski definition) is 3. The van der Waals surface area contributed by atoms with Gasteiger partial charge in [-0.15, -0.1) is 0 Å². The second kappa shape index (κ2) is 8.26. The van der Waals surface area contributed by atoms with Crippen LogP contribution in [0.4, 0.5) is 0 Å². The highest BCUT2D eigenvalue weighted by atomic mass is 16.2. The third kappa shape index (κ3) is 4.78. The molecule has 1 fully saturated rings. The molecular weight excluding hydrogens is 336 g/mol. The fraction of sp³-hybridized carbons (Fsp3) is 0.545. The minimum atomic E-state index is 0.0874. The minimum Gasteiger partial charge on any atom is -0.352 e. The zero-order chi connectivity index (χ0) is 18.6. The quantitative estimate of drug-likeness (QED) is 0.885. The van der Waals surface area contributed by atoms with Crippen LogP contribution in [0.15, 0.2) is 36.5 Å². The van der Waals surface area contributed by atoms with Crippen LogP contribution in [0.5, 0.6) is 0 Å². The number of benzene rings is 1. The third-order valence-corrected chi connectivity index (χ3v) is 5.87. The van der Waals surface area contributed by atoms with E-state index < -0.39 is 0 Å². The Morgan fingerprint density at radius 1 is 1.19 bits per heavy atom. The smallest absolute Gasteiger partial charge is 0.241 e. The zero-order valence-corrected chi connectivity index (χ0v) is 16.2. The molecule has 1 aromatic carbocycles. The number of carbonyl (C=O) groups is 1. The molecule has 144 valence electrons. The number of fused-ring (bicyclic) bond motifs is 1. The topological polar surface area (TPSA) is 50.2 Å². The summed E-state index contributed by atoms with van der Waals surface area (Å²) in [6, 6.07) is 10.9. The zero-order valence-electron chi connectivity index (χ0n) is 16.2. The van der Waals surface area contributed by atoms with E-state index in [-0.39, 0.29) is 11.9 Å². The number of rotatable bonds is 5. The van der Waals surface area contributed by atoms with Crippen molar-refractivity contribution in [2.45, 2.75) is 58.2 Å². The van der Waals surface area contributed by atoms with Crippen LogP contribution in [-0.2, 0) is 30.7 Å². The van der Waals surface area contributed by atoms with E-state index in [4.69, 9.17) is 0 Å². The van der Waals surface area contributed by atoms with Crippen LogP contribution in [0.2, 0.25) is 0 Å². The van der Waals surface area contributed by atoms with E-state index in [1.165, 1.54) is 23.2 Å². The summed E-state index contributed by atoms with van der Waals surface area (Å²) in [6.07, 6.45) is 7.46. The first-order valence-corrected chi connectivity index (χ1v) is 10.3. The summed E-state index contributed by atoms with van der Waals surface area (Å²) < 4.78 is 1.84. The van der Waals surface area contributed by atoms with Crippen molar-refractivity contribution in [3.8, 4) is 0 Å². The van der Waals surface area contributed by atoms with Crippen LogP contribution >= 0.6 is 0 Å². The molecular formula is C22H30N4O. The first-order valence-electron chi connectivity index (χ1n) is 10.3. The lowest BCUT2D eigenvalue weighted by atomic mass is 9.89. The number of aromatic nitrogens is 2. The number of nitrogens with zero attached hydrogens (tertiary/aromatic N) is 3. The maximum Gasteiger partial charge on any atom is 0.241 e. The normalized spacial score (nSPS) is 21.0. The Morgan fingerprint density at radius 3 is 2.74 bits per heavy atom. The predicted octanol–water partition coefficient (Wildman–Crippen LogP) is 2.79. The van der Waals surface area contributed by atoms with Gasteiger partial charge in [-0.25, -0.2) is 0 Å². The van der Waals surface area contributed by atoms with Crippen LogP contribution in [0.1, 0.15) is 43.0 Å². The Balaban J connectivity index is 1.23. The van der Waals surface area contributed by atoms with E-state index in [0.717, 1.165) is 51.2 Å². The summed E-state index contributed by atoms with van der Waals surface area (Å²) in [7, 11) is 0. The molecule has 4 rings (SSSR count). The maximum absolute atomic E-state index is 12.4. The van der Waals surface area contributed by atoms with E-state index in [9.17, 15) is 4.79 Å². The highest BCUT2D eigenvalue weighted by Crippen LogP contribution is 2.24. The molecule has 1 unspecified atom stereocenters. The first-order chi connectivity index (χ1) is 13.2. The van der Waals surface area contributed by atoms with Gasteiger partial charge in [-0.2, -0.15) is 5.10 Å². The van der Waals surface area contributed by atoms with Crippen molar-refractivity contribution in [2.24, 2.45) is 5.92 Å². The molecule has 1 amide bonds. The molecule has 2 heterocycles. The molecule has 0 saturated carbocycles. The van der Waals surface area contributed by atoms with Gasteiger partial charge < -0.3 is 5.32 Å². The van der Waals surface area contributed by atoms with Gasteiger partial charge in [0.05, 0.1) is 5.69 Å². The number of hydrogen-bond donors (Lipinski definition) is 1. The van der Waals surface area contributed by atoms with E-state index in [0.29, 0.717) is 6.54 Å². The van der Waals surface area contributed by atoms with Crippen LogP contribution in [0.25, 0.3) is 0 Å². The molecule has 2 aliphatic rings. The Kier molecular flexibility index (Phi) is 5.58. The number of nitrogens with one attached hydrogen (secondary N) is 1. The van der Waals surface area contributed by atoms with Gasteiger partial charge in [-0.3, -0.25) is 14.4 Å². The molecule has 1 aliphatic carbocycles. The molecule has 0 radical (unpaired) electrons. The van der Waals surface area contributed by atoms with E-state index in [2.05, 4.69) is 58.8 Å². The van der Waals surface area contributed by atoms with Crippen molar-refractivity contribution in [3.63, 3.8) is 0 Å². The van der Waals surface area contributed by atoms with Gasteiger partial charge in [0.1, 0.15) is 6.54 Å². The van der Waals surface area contributed by atoms with Gasteiger partial charge in [0.15, 0.2) is 0 Å². The average Bonchev–Trinajstić information content (AvgIpc) is 3.05. The van der Waals surface area contributed by atoms with E-state index >= 15 is 0 Å². The summed E-state index contributed by atoms with van der Waals surface area (Å²) in [4.78, 5) is 14.9. The van der Waals surface area contributed by atoms with Gasteiger partial charge in [-0.05, 0) is 49.1 Å². The lowest BCUT2D eigenvalue weighted by molar-refractivity contribution is -0.122. The van der Waals surface area contributed by atoms with Gasteiger partial charge in [0.25, 0.3) is 0 Å². The maximum atomic E-state index is 12.4. The number of piperidine rings is 1. The summed E-state index contributed by atoms with van der Waals surface area (Å²) in [5.74, 6) is 0.814. The fourth-order valence-corrected chi connectivity index (χ4v) is 4.32. The predicted molar refractivity (Wildman–Crippen MR) is 106 cm³/mol. The molecule has 1 aromatic heterocycles. The largest absolute Gasteiger partial charge is 0.352 e. The lowest BCUT2D eigenvalue weighted by Crippen LogP contribution is -2.45. The standard InChI is InChI=1S/C22H30N4O/c1-17-7-8-21-19(13-17)15-26(24-21)16-22(27)23-20-9-11-25(12-10-20)14-18-5-3-2-4-6-18/h2-6,15,17,20H,7-14,16H2,1H3,(H,23,27). The number of likely N-dealkylation sites (tertiary alicyclic amines) is 1. The van der Waals surface area contributed by atoms with Gasteiger partial charge in [0.2, 0.25) is 5.91 Å². The van der Waals surface area contributed by atoms with Crippen molar-refractivity contribution in [3.05, 3.63) is 53.3 Å².